The van der Waals surface area contributed by atoms with E-state index >= 15 is 0 Å². The number of nitrogens with one attached hydrogen (secondary N) is 1. The summed E-state index contributed by atoms with van der Waals surface area (Å²) in [4.78, 5) is 32.1. The lowest BCUT2D eigenvalue weighted by atomic mass is 10.1. The monoisotopic (exact) mass is 311 g/mol. The largest absolute Gasteiger partial charge is 0.417 e. The van der Waals surface area contributed by atoms with E-state index in [0.29, 0.717) is 29.8 Å². The highest BCUT2D eigenvalue weighted by atomic mass is 16.4. The summed E-state index contributed by atoms with van der Waals surface area (Å²) in [5, 5.41) is 0. The van der Waals surface area contributed by atoms with Gasteiger partial charge in [0, 0.05) is 31.0 Å². The Balaban J connectivity index is 1.76. The van der Waals surface area contributed by atoms with E-state index in [4.69, 9.17) is 4.42 Å². The van der Waals surface area contributed by atoms with Gasteiger partial charge in [-0.2, -0.15) is 0 Å². The molecule has 2 aromatic heterocycles. The van der Waals surface area contributed by atoms with Crippen LogP contribution in [0.25, 0.3) is 11.1 Å². The topological polar surface area (TPSA) is 79.2 Å². The van der Waals surface area contributed by atoms with Gasteiger partial charge in [-0.3, -0.25) is 14.8 Å². The van der Waals surface area contributed by atoms with Crippen LogP contribution in [0.2, 0.25) is 0 Å². The first-order chi connectivity index (χ1) is 11.2. The number of carbonyl (C=O) groups is 1. The zero-order valence-corrected chi connectivity index (χ0v) is 12.8. The van der Waals surface area contributed by atoms with Gasteiger partial charge < -0.3 is 9.32 Å². The van der Waals surface area contributed by atoms with Crippen LogP contribution in [0, 0.1) is 0 Å². The number of hydrogen-bond donors (Lipinski definition) is 1. The van der Waals surface area contributed by atoms with Gasteiger partial charge in [0.1, 0.15) is 0 Å². The number of carbonyl (C=O) groups excluding carboxylic acids is 1. The first-order valence-electron chi connectivity index (χ1n) is 7.48. The van der Waals surface area contributed by atoms with E-state index in [1.54, 1.807) is 35.5 Å². The summed E-state index contributed by atoms with van der Waals surface area (Å²) in [6, 6.07) is 8.87. The van der Waals surface area contributed by atoms with Gasteiger partial charge in [0.25, 0.3) is 5.91 Å². The quantitative estimate of drug-likeness (QED) is 0.783. The molecule has 0 aliphatic carbocycles. The van der Waals surface area contributed by atoms with Crippen molar-refractivity contribution in [2.24, 2.45) is 0 Å². The summed E-state index contributed by atoms with van der Waals surface area (Å²) in [5.74, 6) is -0.595. The average Bonchev–Trinajstić information content (AvgIpc) is 2.95. The van der Waals surface area contributed by atoms with Crippen LogP contribution >= 0.6 is 0 Å². The van der Waals surface area contributed by atoms with Crippen molar-refractivity contribution < 1.29 is 9.21 Å². The highest BCUT2D eigenvalue weighted by Gasteiger charge is 2.15. The normalized spacial score (nSPS) is 10.8. The van der Waals surface area contributed by atoms with E-state index in [-0.39, 0.29) is 5.91 Å². The predicted octanol–water partition coefficient (Wildman–Crippen LogP) is 2.22. The van der Waals surface area contributed by atoms with Crippen LogP contribution in [0.5, 0.6) is 0 Å². The molecule has 0 saturated carbocycles. The van der Waals surface area contributed by atoms with E-state index in [2.05, 4.69) is 9.97 Å². The number of oxazole rings is 1. The Kier molecular flexibility index (Phi) is 4.23. The Hall–Kier alpha value is -2.89. The number of nitrogens with zero attached hydrogens (tertiary/aromatic N) is 2. The lowest BCUT2D eigenvalue weighted by Gasteiger charge is -2.21. The molecule has 23 heavy (non-hydrogen) atoms. The van der Waals surface area contributed by atoms with E-state index < -0.39 is 5.76 Å². The molecule has 0 aliphatic heterocycles. The van der Waals surface area contributed by atoms with Crippen LogP contribution < -0.4 is 5.76 Å². The summed E-state index contributed by atoms with van der Waals surface area (Å²) >= 11 is 0. The molecule has 118 valence electrons. The second-order valence-electron chi connectivity index (χ2n) is 5.22. The Labute approximate surface area is 132 Å². The average molecular weight is 311 g/mol. The summed E-state index contributed by atoms with van der Waals surface area (Å²) in [5.41, 5.74) is 2.63. The fourth-order valence-corrected chi connectivity index (χ4v) is 2.48. The van der Waals surface area contributed by atoms with Crippen molar-refractivity contribution in [2.45, 2.75) is 13.3 Å². The second-order valence-corrected chi connectivity index (χ2v) is 5.22. The maximum atomic E-state index is 12.6. The Morgan fingerprint density at radius 1 is 1.26 bits per heavy atom. The third-order valence-electron chi connectivity index (χ3n) is 3.76. The number of aromatic nitrogens is 2. The van der Waals surface area contributed by atoms with E-state index in [9.17, 15) is 9.59 Å². The molecule has 0 aliphatic rings. The van der Waals surface area contributed by atoms with Crippen molar-refractivity contribution in [1.82, 2.24) is 14.9 Å². The Morgan fingerprint density at radius 2 is 2.04 bits per heavy atom. The highest BCUT2D eigenvalue weighted by molar-refractivity contribution is 5.97. The molecular weight excluding hydrogens is 294 g/mol. The van der Waals surface area contributed by atoms with Crippen molar-refractivity contribution >= 4 is 17.0 Å². The van der Waals surface area contributed by atoms with Gasteiger partial charge in [0.2, 0.25) is 0 Å². The van der Waals surface area contributed by atoms with E-state index in [1.165, 1.54) is 0 Å². The number of hydrogen-bond acceptors (Lipinski definition) is 4. The highest BCUT2D eigenvalue weighted by Crippen LogP contribution is 2.14. The van der Waals surface area contributed by atoms with Gasteiger partial charge in [-0.05, 0) is 49.2 Å². The lowest BCUT2D eigenvalue weighted by molar-refractivity contribution is 0.0766. The van der Waals surface area contributed by atoms with Crippen molar-refractivity contribution in [3.8, 4) is 0 Å². The lowest BCUT2D eigenvalue weighted by Crippen LogP contribution is -2.32. The first kappa shape index (κ1) is 15.0. The summed E-state index contributed by atoms with van der Waals surface area (Å²) in [7, 11) is 0. The molecule has 1 N–H and O–H groups in total. The fraction of sp³-hybridized carbons (Fsp3) is 0.235. The van der Waals surface area contributed by atoms with Crippen molar-refractivity contribution in [3.63, 3.8) is 0 Å². The molecule has 1 aromatic carbocycles. The van der Waals surface area contributed by atoms with Crippen molar-refractivity contribution in [1.29, 1.82) is 0 Å². The fourth-order valence-electron chi connectivity index (χ4n) is 2.48. The molecule has 0 fully saturated rings. The van der Waals surface area contributed by atoms with Crippen molar-refractivity contribution in [3.05, 3.63) is 64.4 Å². The third kappa shape index (κ3) is 3.31. The molecule has 0 atom stereocenters. The molecule has 3 aromatic rings. The summed E-state index contributed by atoms with van der Waals surface area (Å²) < 4.78 is 5.01. The Bertz CT molecular complexity index is 867. The predicted molar refractivity (Wildman–Crippen MR) is 86.4 cm³/mol. The van der Waals surface area contributed by atoms with E-state index in [1.807, 2.05) is 19.1 Å². The molecule has 6 heteroatoms. The summed E-state index contributed by atoms with van der Waals surface area (Å²) in [6.45, 7) is 3.17. The molecule has 6 nitrogen and oxygen atoms in total. The number of benzene rings is 1. The molecule has 0 bridgehead atoms. The molecule has 0 radical (unpaired) electrons. The minimum atomic E-state index is -0.519. The summed E-state index contributed by atoms with van der Waals surface area (Å²) in [6.07, 6.45) is 4.26. The van der Waals surface area contributed by atoms with Crippen LogP contribution in [0.3, 0.4) is 0 Å². The van der Waals surface area contributed by atoms with Crippen LogP contribution in [0.1, 0.15) is 22.8 Å². The Morgan fingerprint density at radius 3 is 2.78 bits per heavy atom. The number of fused-ring (bicyclic) bond motifs is 1. The first-order valence-corrected chi connectivity index (χ1v) is 7.48. The molecule has 3 rings (SSSR count). The van der Waals surface area contributed by atoms with Gasteiger partial charge in [-0.1, -0.05) is 0 Å². The van der Waals surface area contributed by atoms with E-state index in [0.717, 1.165) is 12.0 Å². The smallest absolute Gasteiger partial charge is 0.408 e. The van der Waals surface area contributed by atoms with Gasteiger partial charge in [0.15, 0.2) is 5.58 Å². The zero-order chi connectivity index (χ0) is 16.2. The molecular formula is C17H17N3O3. The molecule has 1 amide bonds. The minimum Gasteiger partial charge on any atom is -0.408 e. The van der Waals surface area contributed by atoms with Gasteiger partial charge in [-0.25, -0.2) is 4.79 Å². The molecule has 2 heterocycles. The third-order valence-corrected chi connectivity index (χ3v) is 3.76. The van der Waals surface area contributed by atoms with Crippen molar-refractivity contribution in [2.75, 3.05) is 13.1 Å². The number of aromatic amines is 1. The molecule has 0 spiro atoms. The van der Waals surface area contributed by atoms with Crippen LogP contribution in [-0.4, -0.2) is 33.9 Å². The SMILES string of the molecule is CCN(CCc1ccncc1)C(=O)c1ccc2[nH]c(=O)oc2c1. The molecule has 0 unspecified atom stereocenters. The van der Waals surface area contributed by atoms with Gasteiger partial charge in [0.05, 0.1) is 5.52 Å². The standard InChI is InChI=1S/C17H17N3O3/c1-2-20(10-7-12-5-8-18-9-6-12)16(21)13-3-4-14-15(11-13)23-17(22)19-14/h3-6,8-9,11H,2,7,10H2,1H3,(H,19,22). The zero-order valence-electron chi connectivity index (χ0n) is 12.8. The number of rotatable bonds is 5. The maximum Gasteiger partial charge on any atom is 0.417 e. The number of amides is 1. The minimum absolute atomic E-state index is 0.0766. The number of likely N-dealkylation sites (N-methyl/N-ethyl adjacent to an activating group) is 1. The maximum absolute atomic E-state index is 12.6. The number of pyridine rings is 1. The van der Waals surface area contributed by atoms with Crippen LogP contribution in [0.15, 0.2) is 51.9 Å². The second kappa shape index (κ2) is 6.48. The molecule has 0 saturated heterocycles. The van der Waals surface area contributed by atoms with Crippen LogP contribution in [0.4, 0.5) is 0 Å². The number of H-pyrrole nitrogens is 1. The van der Waals surface area contributed by atoms with Gasteiger partial charge >= 0.3 is 5.76 Å². The van der Waals surface area contributed by atoms with Crippen LogP contribution in [-0.2, 0) is 6.42 Å². The van der Waals surface area contributed by atoms with Gasteiger partial charge in [-0.15, -0.1) is 0 Å².